The molecule has 1 aliphatic carbocycles. The number of alkyl halides is 4. The summed E-state index contributed by atoms with van der Waals surface area (Å²) in [5, 5.41) is 0. The second-order valence-corrected chi connectivity index (χ2v) is 9.30. The third-order valence-electron chi connectivity index (χ3n) is 2.68. The van der Waals surface area contributed by atoms with Gasteiger partial charge in [-0.15, -0.1) is 0 Å². The minimum absolute atomic E-state index is 0.0174. The lowest BCUT2D eigenvalue weighted by Crippen LogP contribution is -2.29. The monoisotopic (exact) mass is 425 g/mol. The highest BCUT2D eigenvalue weighted by Crippen LogP contribution is 2.47. The molecule has 2 rings (SSSR count). The molecule has 8 heteroatoms. The van der Waals surface area contributed by atoms with Crippen molar-refractivity contribution in [1.29, 1.82) is 0 Å². The van der Waals surface area contributed by atoms with Gasteiger partial charge >= 0.3 is 0 Å². The van der Waals surface area contributed by atoms with Crippen LogP contribution in [0.3, 0.4) is 0 Å². The first-order chi connectivity index (χ1) is 7.81. The molecule has 0 spiro atoms. The highest BCUT2D eigenvalue weighted by Gasteiger charge is 2.52. The van der Waals surface area contributed by atoms with Crippen molar-refractivity contribution in [2.45, 2.75) is 13.5 Å². The summed E-state index contributed by atoms with van der Waals surface area (Å²) in [6, 6.07) is 0. The van der Waals surface area contributed by atoms with Crippen molar-refractivity contribution in [1.82, 2.24) is 4.31 Å². The van der Waals surface area contributed by atoms with E-state index >= 15 is 0 Å². The van der Waals surface area contributed by atoms with Crippen molar-refractivity contribution >= 4 is 81.2 Å². The van der Waals surface area contributed by atoms with E-state index in [9.17, 15) is 9.59 Å². The normalized spacial score (nSPS) is 33.2. The van der Waals surface area contributed by atoms with E-state index in [0.29, 0.717) is 18.4 Å². The van der Waals surface area contributed by atoms with Crippen LogP contribution in [-0.4, -0.2) is 23.2 Å². The molecule has 0 aromatic carbocycles. The number of carbonyl (C=O) groups is 2. The highest BCUT2D eigenvalue weighted by atomic mass is 127. The van der Waals surface area contributed by atoms with E-state index in [2.05, 4.69) is 22.6 Å². The predicted octanol–water partition coefficient (Wildman–Crippen LogP) is 3.33. The number of fused-ring (bicyclic) bond motifs is 1. The molecule has 3 atom stereocenters. The van der Waals surface area contributed by atoms with E-state index in [4.69, 9.17) is 34.8 Å². The van der Waals surface area contributed by atoms with Crippen molar-refractivity contribution in [3.05, 3.63) is 12.2 Å². The Bertz CT molecular complexity index is 398. The van der Waals surface area contributed by atoms with Gasteiger partial charge in [0.05, 0.1) is 11.8 Å². The molecule has 3 nitrogen and oxygen atoms in total. The van der Waals surface area contributed by atoms with Crippen molar-refractivity contribution in [2.24, 2.45) is 11.8 Å². The average molecular weight is 426 g/mol. The lowest BCUT2D eigenvalue weighted by molar-refractivity contribution is -0.133. The smallest absolute Gasteiger partial charge is 0.256 e. The van der Waals surface area contributed by atoms with Gasteiger partial charge < -0.3 is 0 Å². The number of halogens is 4. The summed E-state index contributed by atoms with van der Waals surface area (Å²) in [4.78, 5) is 24.2. The molecule has 17 heavy (non-hydrogen) atoms. The number of carbonyl (C=O) groups excluding carboxylic acids is 2. The summed E-state index contributed by atoms with van der Waals surface area (Å²) in [6.07, 6.45) is 4.44. The number of amides is 2. The van der Waals surface area contributed by atoms with E-state index in [1.54, 1.807) is 0 Å². The van der Waals surface area contributed by atoms with Crippen LogP contribution < -0.4 is 0 Å². The molecule has 1 aliphatic heterocycles. The summed E-state index contributed by atoms with van der Waals surface area (Å²) >= 11 is 19.6. The maximum atomic E-state index is 12.1. The van der Waals surface area contributed by atoms with Crippen LogP contribution in [0.15, 0.2) is 12.2 Å². The van der Waals surface area contributed by atoms with Crippen LogP contribution in [0.5, 0.6) is 0 Å². The van der Waals surface area contributed by atoms with Gasteiger partial charge in [0, 0.05) is 15.9 Å². The Kier molecular flexibility index (Phi) is 4.25. The first-order valence-electron chi connectivity index (χ1n) is 4.75. The quantitative estimate of drug-likeness (QED) is 0.212. The third kappa shape index (κ3) is 2.88. The Labute approximate surface area is 131 Å². The SMILES string of the molecule is O=C1C2CC=CC(I)C2C(=O)N1SC(Cl)(Cl)Cl. The van der Waals surface area contributed by atoms with Crippen LogP contribution in [0.25, 0.3) is 0 Å². The van der Waals surface area contributed by atoms with Crippen LogP contribution in [0.2, 0.25) is 0 Å². The Morgan fingerprint density at radius 3 is 2.53 bits per heavy atom. The maximum Gasteiger partial charge on any atom is 0.256 e. The fraction of sp³-hybridized carbons (Fsp3) is 0.556. The molecule has 2 amide bonds. The Morgan fingerprint density at radius 2 is 2.00 bits per heavy atom. The molecule has 0 N–H and O–H groups in total. The molecule has 1 fully saturated rings. The predicted molar refractivity (Wildman–Crippen MR) is 78.3 cm³/mol. The minimum Gasteiger partial charge on any atom is -0.273 e. The molecular weight excluding hydrogens is 419 g/mol. The first kappa shape index (κ1) is 14.2. The lowest BCUT2D eigenvalue weighted by atomic mass is 9.85. The number of hydrogen-bond donors (Lipinski definition) is 0. The zero-order valence-electron chi connectivity index (χ0n) is 8.28. The summed E-state index contributed by atoms with van der Waals surface area (Å²) in [5.74, 6) is -1.16. The van der Waals surface area contributed by atoms with E-state index in [0.717, 1.165) is 4.31 Å². The molecule has 2 aliphatic rings. The number of imide groups is 1. The zero-order chi connectivity index (χ0) is 12.8. The van der Waals surface area contributed by atoms with E-state index in [-0.39, 0.29) is 27.6 Å². The van der Waals surface area contributed by atoms with Gasteiger partial charge in [-0.2, -0.15) is 0 Å². The number of allylic oxidation sites excluding steroid dienone is 2. The Balaban J connectivity index is 2.23. The Hall–Kier alpha value is 0.830. The summed E-state index contributed by atoms with van der Waals surface area (Å²) in [7, 11) is 0. The summed E-state index contributed by atoms with van der Waals surface area (Å²) in [6.45, 7) is 0. The van der Waals surface area contributed by atoms with Crippen molar-refractivity contribution in [2.75, 3.05) is 0 Å². The topological polar surface area (TPSA) is 37.4 Å². The molecule has 0 aromatic rings. The van der Waals surface area contributed by atoms with Gasteiger partial charge in [0.25, 0.3) is 3.12 Å². The molecule has 3 unspecified atom stereocenters. The zero-order valence-corrected chi connectivity index (χ0v) is 13.5. The molecule has 94 valence electrons. The van der Waals surface area contributed by atoms with Gasteiger partial charge in [-0.05, 0) is 6.42 Å². The fourth-order valence-electron chi connectivity index (χ4n) is 1.99. The first-order valence-corrected chi connectivity index (χ1v) is 7.91. The molecule has 1 saturated heterocycles. The fourth-order valence-corrected chi connectivity index (χ4v) is 4.36. The van der Waals surface area contributed by atoms with Gasteiger partial charge in [0.1, 0.15) is 0 Å². The van der Waals surface area contributed by atoms with Gasteiger partial charge in [0.15, 0.2) is 0 Å². The van der Waals surface area contributed by atoms with Crippen LogP contribution in [0, 0.1) is 11.8 Å². The molecule has 1 heterocycles. The standard InChI is InChI=1S/C9H7Cl3INO2S/c10-9(11,12)17-14-7(15)4-2-1-3-5(13)6(4)8(14)16/h1,3-6H,2H2. The third-order valence-corrected chi connectivity index (χ3v) is 5.24. The van der Waals surface area contributed by atoms with Crippen molar-refractivity contribution in [3.63, 3.8) is 0 Å². The number of nitrogens with zero attached hydrogens (tertiary/aromatic N) is 1. The molecule has 0 radical (unpaired) electrons. The maximum absolute atomic E-state index is 12.1. The van der Waals surface area contributed by atoms with Gasteiger partial charge in [-0.1, -0.05) is 69.5 Å². The highest BCUT2D eigenvalue weighted by molar-refractivity contribution is 14.1. The van der Waals surface area contributed by atoms with E-state index in [1.807, 2.05) is 12.2 Å². The van der Waals surface area contributed by atoms with Gasteiger partial charge in [0.2, 0.25) is 11.8 Å². The van der Waals surface area contributed by atoms with Crippen LogP contribution >= 0.6 is 69.3 Å². The number of rotatable bonds is 1. The lowest BCUT2D eigenvalue weighted by Gasteiger charge is -2.20. The van der Waals surface area contributed by atoms with Crippen molar-refractivity contribution < 1.29 is 9.59 Å². The van der Waals surface area contributed by atoms with E-state index in [1.165, 1.54) is 0 Å². The van der Waals surface area contributed by atoms with Crippen LogP contribution in [-0.2, 0) is 9.59 Å². The average Bonchev–Trinajstić information content (AvgIpc) is 2.43. The summed E-state index contributed by atoms with van der Waals surface area (Å²) in [5.41, 5.74) is 0. The molecule has 0 bridgehead atoms. The number of hydrogen-bond acceptors (Lipinski definition) is 3. The van der Waals surface area contributed by atoms with Gasteiger partial charge in [-0.3, -0.25) is 9.59 Å². The second kappa shape index (κ2) is 5.07. The Morgan fingerprint density at radius 1 is 1.35 bits per heavy atom. The molecular formula is C9H7Cl3INO2S. The van der Waals surface area contributed by atoms with Crippen LogP contribution in [0.4, 0.5) is 0 Å². The second-order valence-electron chi connectivity index (χ2n) is 3.75. The van der Waals surface area contributed by atoms with Crippen molar-refractivity contribution in [3.8, 4) is 0 Å². The molecule has 0 aromatic heterocycles. The largest absolute Gasteiger partial charge is 0.273 e. The van der Waals surface area contributed by atoms with E-state index < -0.39 is 3.12 Å². The summed E-state index contributed by atoms with van der Waals surface area (Å²) < 4.78 is -0.683. The van der Waals surface area contributed by atoms with Crippen LogP contribution in [0.1, 0.15) is 6.42 Å². The molecule has 0 saturated carbocycles. The minimum atomic E-state index is -1.70. The van der Waals surface area contributed by atoms with Gasteiger partial charge in [-0.25, -0.2) is 4.31 Å².